The molecule has 1 aromatic carbocycles. The zero-order chi connectivity index (χ0) is 18.1. The van der Waals surface area contributed by atoms with Gasteiger partial charge in [-0.3, -0.25) is 9.78 Å². The van der Waals surface area contributed by atoms with Crippen molar-refractivity contribution in [2.75, 3.05) is 0 Å². The van der Waals surface area contributed by atoms with Crippen LogP contribution in [0.25, 0.3) is 11.4 Å². The zero-order valence-corrected chi connectivity index (χ0v) is 14.9. The second-order valence-corrected chi connectivity index (χ2v) is 6.78. The van der Waals surface area contributed by atoms with Crippen LogP contribution in [0, 0.1) is 0 Å². The minimum Gasteiger partial charge on any atom is -0.340 e. The van der Waals surface area contributed by atoms with Gasteiger partial charge in [-0.2, -0.15) is 4.98 Å². The summed E-state index contributed by atoms with van der Waals surface area (Å²) in [4.78, 5) is 21.2. The third-order valence-corrected chi connectivity index (χ3v) is 4.64. The predicted octanol–water partition coefficient (Wildman–Crippen LogP) is 4.15. The summed E-state index contributed by atoms with van der Waals surface area (Å²) >= 11 is 6.06. The van der Waals surface area contributed by atoms with Crippen LogP contribution in [0.2, 0.25) is 5.02 Å². The van der Waals surface area contributed by atoms with Gasteiger partial charge < -0.3 is 9.84 Å². The lowest BCUT2D eigenvalue weighted by molar-refractivity contribution is 0.0932. The van der Waals surface area contributed by atoms with Crippen LogP contribution in [0.5, 0.6) is 0 Å². The third kappa shape index (κ3) is 3.46. The number of nitrogens with one attached hydrogen (secondary N) is 1. The topological polar surface area (TPSA) is 80.9 Å². The monoisotopic (exact) mass is 368 g/mol. The number of aromatic nitrogens is 3. The van der Waals surface area contributed by atoms with Crippen LogP contribution in [0.15, 0.2) is 47.1 Å². The summed E-state index contributed by atoms with van der Waals surface area (Å²) in [6.45, 7) is 1.79. The predicted molar refractivity (Wildman–Crippen MR) is 96.8 cm³/mol. The Balaban J connectivity index is 1.49. The lowest BCUT2D eigenvalue weighted by Gasteiger charge is -2.10. The molecule has 3 aromatic rings. The smallest absolute Gasteiger partial charge is 0.253 e. The average Bonchev–Trinajstić information content (AvgIpc) is 3.38. The molecule has 0 saturated heterocycles. The van der Waals surface area contributed by atoms with E-state index in [1.54, 1.807) is 37.4 Å². The normalized spacial score (nSPS) is 14.8. The van der Waals surface area contributed by atoms with Crippen molar-refractivity contribution in [3.8, 4) is 11.4 Å². The fourth-order valence-corrected chi connectivity index (χ4v) is 2.92. The molecule has 6 nitrogen and oxygen atoms in total. The minimum atomic E-state index is -0.440. The highest BCUT2D eigenvalue weighted by atomic mass is 35.5. The van der Waals surface area contributed by atoms with Crippen molar-refractivity contribution in [3.05, 3.63) is 64.8 Å². The van der Waals surface area contributed by atoms with Crippen LogP contribution in [0.3, 0.4) is 0 Å². The van der Waals surface area contributed by atoms with Gasteiger partial charge in [-0.25, -0.2) is 0 Å². The number of hydrogen-bond acceptors (Lipinski definition) is 5. The second kappa shape index (κ2) is 6.88. The molecule has 0 unspecified atom stereocenters. The van der Waals surface area contributed by atoms with E-state index in [0.29, 0.717) is 28.2 Å². The highest BCUT2D eigenvalue weighted by molar-refractivity contribution is 6.33. The molecule has 1 saturated carbocycles. The molecule has 7 heteroatoms. The maximum Gasteiger partial charge on any atom is 0.253 e. The molecule has 1 fully saturated rings. The van der Waals surface area contributed by atoms with Gasteiger partial charge in [0.15, 0.2) is 0 Å². The molecule has 1 aliphatic carbocycles. The first-order valence-corrected chi connectivity index (χ1v) is 8.85. The number of halogens is 1. The standard InChI is InChI=1S/C19H17ClN4O2/c1-11(22-18(25)14-4-2-3-5-15(14)20)19-23-17(24-26-19)13-8-9-21-16(10-13)12-6-7-12/h2-5,8-12H,6-7H2,1H3,(H,22,25)/t11-/m0/s1. The number of hydrogen-bond donors (Lipinski definition) is 1. The van der Waals surface area contributed by atoms with E-state index in [4.69, 9.17) is 16.1 Å². The molecule has 1 amide bonds. The molecule has 0 aliphatic heterocycles. The molecule has 1 aliphatic rings. The Morgan fingerprint density at radius 2 is 2.12 bits per heavy atom. The minimum absolute atomic E-state index is 0.289. The van der Waals surface area contributed by atoms with E-state index in [-0.39, 0.29) is 5.91 Å². The summed E-state index contributed by atoms with van der Waals surface area (Å²) in [6, 6.07) is 10.3. The molecule has 0 radical (unpaired) electrons. The molecule has 2 aromatic heterocycles. The van der Waals surface area contributed by atoms with Crippen molar-refractivity contribution in [1.82, 2.24) is 20.4 Å². The highest BCUT2D eigenvalue weighted by Gasteiger charge is 2.26. The fraction of sp³-hybridized carbons (Fsp3) is 0.263. The molecule has 0 spiro atoms. The summed E-state index contributed by atoms with van der Waals surface area (Å²) in [6.07, 6.45) is 4.12. The number of nitrogens with zero attached hydrogens (tertiary/aromatic N) is 3. The molecule has 1 atom stereocenters. The van der Waals surface area contributed by atoms with Gasteiger partial charge in [-0.05, 0) is 44.0 Å². The van der Waals surface area contributed by atoms with Crippen LogP contribution in [0.1, 0.15) is 53.7 Å². The van der Waals surface area contributed by atoms with Gasteiger partial charge in [-0.15, -0.1) is 0 Å². The summed E-state index contributed by atoms with van der Waals surface area (Å²) < 4.78 is 5.33. The Kier molecular flexibility index (Phi) is 4.42. The quantitative estimate of drug-likeness (QED) is 0.731. The van der Waals surface area contributed by atoms with E-state index in [0.717, 1.165) is 11.3 Å². The largest absolute Gasteiger partial charge is 0.340 e. The van der Waals surface area contributed by atoms with E-state index < -0.39 is 6.04 Å². The van der Waals surface area contributed by atoms with Crippen LogP contribution >= 0.6 is 11.6 Å². The Morgan fingerprint density at radius 1 is 1.31 bits per heavy atom. The Hall–Kier alpha value is -2.73. The third-order valence-electron chi connectivity index (χ3n) is 4.31. The molecule has 26 heavy (non-hydrogen) atoms. The number of rotatable bonds is 5. The maximum absolute atomic E-state index is 12.4. The van der Waals surface area contributed by atoms with Gasteiger partial charge in [0, 0.05) is 23.4 Å². The summed E-state index contributed by atoms with van der Waals surface area (Å²) in [5.41, 5.74) is 2.33. The number of benzene rings is 1. The summed E-state index contributed by atoms with van der Waals surface area (Å²) in [5.74, 6) is 1.09. The Bertz CT molecular complexity index is 952. The molecular formula is C19H17ClN4O2. The molecule has 1 N–H and O–H groups in total. The lowest BCUT2D eigenvalue weighted by Crippen LogP contribution is -2.27. The number of amides is 1. The van der Waals surface area contributed by atoms with Crippen molar-refractivity contribution >= 4 is 17.5 Å². The van der Waals surface area contributed by atoms with E-state index in [9.17, 15) is 4.79 Å². The molecular weight excluding hydrogens is 352 g/mol. The van der Waals surface area contributed by atoms with Crippen molar-refractivity contribution in [1.29, 1.82) is 0 Å². The van der Waals surface area contributed by atoms with Crippen molar-refractivity contribution < 1.29 is 9.32 Å². The van der Waals surface area contributed by atoms with E-state index in [1.165, 1.54) is 12.8 Å². The van der Waals surface area contributed by atoms with E-state index >= 15 is 0 Å². The molecule has 132 valence electrons. The van der Waals surface area contributed by atoms with Gasteiger partial charge in [0.1, 0.15) is 6.04 Å². The van der Waals surface area contributed by atoms with E-state index in [2.05, 4.69) is 20.4 Å². The van der Waals surface area contributed by atoms with E-state index in [1.807, 2.05) is 12.1 Å². The number of pyridine rings is 1. The maximum atomic E-state index is 12.4. The van der Waals surface area contributed by atoms with Gasteiger partial charge in [0.2, 0.25) is 11.7 Å². The summed E-state index contributed by atoms with van der Waals surface area (Å²) in [7, 11) is 0. The zero-order valence-electron chi connectivity index (χ0n) is 14.1. The molecule has 4 rings (SSSR count). The summed E-state index contributed by atoms with van der Waals surface area (Å²) in [5, 5.41) is 7.26. The fourth-order valence-electron chi connectivity index (χ4n) is 2.70. The number of carbonyl (C=O) groups is 1. The SMILES string of the molecule is C[C@H](NC(=O)c1ccccc1Cl)c1nc(-c2ccnc(C3CC3)c2)no1. The number of carbonyl (C=O) groups excluding carboxylic acids is 1. The lowest BCUT2D eigenvalue weighted by atomic mass is 10.1. The molecule has 2 heterocycles. The van der Waals surface area contributed by atoms with Gasteiger partial charge >= 0.3 is 0 Å². The van der Waals surface area contributed by atoms with Crippen LogP contribution in [0.4, 0.5) is 0 Å². The Morgan fingerprint density at radius 3 is 2.88 bits per heavy atom. The van der Waals surface area contributed by atoms with Crippen molar-refractivity contribution in [3.63, 3.8) is 0 Å². The van der Waals surface area contributed by atoms with Gasteiger partial charge in [-0.1, -0.05) is 28.9 Å². The van der Waals surface area contributed by atoms with Crippen molar-refractivity contribution in [2.45, 2.75) is 31.7 Å². The average molecular weight is 369 g/mol. The van der Waals surface area contributed by atoms with Crippen LogP contribution < -0.4 is 5.32 Å². The Labute approximate surface area is 155 Å². The highest BCUT2D eigenvalue weighted by Crippen LogP contribution is 2.39. The van der Waals surface area contributed by atoms with Crippen LogP contribution in [-0.4, -0.2) is 21.0 Å². The first kappa shape index (κ1) is 16.7. The van der Waals surface area contributed by atoms with Crippen molar-refractivity contribution in [2.24, 2.45) is 0 Å². The second-order valence-electron chi connectivity index (χ2n) is 6.37. The van der Waals surface area contributed by atoms with Gasteiger partial charge in [0.05, 0.1) is 10.6 Å². The molecule has 0 bridgehead atoms. The first-order valence-electron chi connectivity index (χ1n) is 8.47. The van der Waals surface area contributed by atoms with Crippen LogP contribution in [-0.2, 0) is 0 Å². The first-order chi connectivity index (χ1) is 12.6. The van der Waals surface area contributed by atoms with Gasteiger partial charge in [0.25, 0.3) is 5.91 Å².